The number of aromatic nitrogens is 2. The minimum Gasteiger partial charge on any atom is -0.406 e. The fourth-order valence-electron chi connectivity index (χ4n) is 3.07. The summed E-state index contributed by atoms with van der Waals surface area (Å²) in [5, 5.41) is 1.62. The SMILES string of the molecule is O=C(NCC1CC(S(=O)(=O)c2cccc(OC(F)(F)F)c2)C1)c1cnc(C(F)(F)F)nc1. The lowest BCUT2D eigenvalue weighted by Crippen LogP contribution is -2.42. The maximum Gasteiger partial charge on any atom is 0.573 e. The molecule has 1 aromatic carbocycles. The van der Waals surface area contributed by atoms with Crippen molar-refractivity contribution in [1.82, 2.24) is 15.3 Å². The second-order valence-corrected chi connectivity index (χ2v) is 9.26. The summed E-state index contributed by atoms with van der Waals surface area (Å²) in [4.78, 5) is 17.9. The highest BCUT2D eigenvalue weighted by molar-refractivity contribution is 7.92. The molecule has 1 aliphatic carbocycles. The van der Waals surface area contributed by atoms with Crippen molar-refractivity contribution in [2.45, 2.75) is 35.5 Å². The van der Waals surface area contributed by atoms with Gasteiger partial charge in [-0.15, -0.1) is 13.2 Å². The third-order valence-electron chi connectivity index (χ3n) is 4.72. The number of alkyl halides is 6. The van der Waals surface area contributed by atoms with Gasteiger partial charge in [-0.2, -0.15) is 13.2 Å². The number of benzene rings is 1. The predicted octanol–water partition coefficient (Wildman–Crippen LogP) is 3.38. The van der Waals surface area contributed by atoms with Gasteiger partial charge in [0.1, 0.15) is 5.75 Å². The number of halogens is 6. The van der Waals surface area contributed by atoms with Crippen LogP contribution < -0.4 is 10.1 Å². The highest BCUT2D eigenvalue weighted by Gasteiger charge is 2.40. The first kappa shape index (κ1) is 23.8. The number of carbonyl (C=O) groups excluding carboxylic acids is 1. The van der Waals surface area contributed by atoms with E-state index < -0.39 is 45.1 Å². The third kappa shape index (κ3) is 5.66. The lowest BCUT2D eigenvalue weighted by molar-refractivity contribution is -0.274. The number of sulfone groups is 1. The molecule has 2 aromatic rings. The monoisotopic (exact) mass is 483 g/mol. The molecule has 14 heteroatoms. The number of hydrogen-bond donors (Lipinski definition) is 1. The molecular formula is C18H15F6N3O4S. The van der Waals surface area contributed by atoms with Crippen molar-refractivity contribution in [3.63, 3.8) is 0 Å². The molecule has 0 saturated heterocycles. The molecule has 0 spiro atoms. The molecular weight excluding hydrogens is 468 g/mol. The van der Waals surface area contributed by atoms with Crippen molar-refractivity contribution in [2.24, 2.45) is 5.92 Å². The van der Waals surface area contributed by atoms with Gasteiger partial charge in [0.15, 0.2) is 9.84 Å². The summed E-state index contributed by atoms with van der Waals surface area (Å²) in [6.45, 7) is 0.0586. The van der Waals surface area contributed by atoms with Gasteiger partial charge in [-0.05, 0) is 37.0 Å². The van der Waals surface area contributed by atoms with Gasteiger partial charge in [-0.25, -0.2) is 18.4 Å². The standard InChI is InChI=1S/C18H15F6N3O4S/c19-17(20,21)16-26-8-11(9-27-16)15(28)25-7-10-4-14(5-10)32(29,30)13-3-1-2-12(6-13)31-18(22,23)24/h1-3,6,8-10,14H,4-5,7H2,(H,25,28). The Morgan fingerprint density at radius 3 is 2.28 bits per heavy atom. The third-order valence-corrected chi connectivity index (χ3v) is 6.89. The van der Waals surface area contributed by atoms with Gasteiger partial charge >= 0.3 is 12.5 Å². The molecule has 1 N–H and O–H groups in total. The van der Waals surface area contributed by atoms with Gasteiger partial charge in [0.05, 0.1) is 15.7 Å². The average molecular weight is 483 g/mol. The van der Waals surface area contributed by atoms with Crippen molar-refractivity contribution >= 4 is 15.7 Å². The van der Waals surface area contributed by atoms with Gasteiger partial charge in [0.25, 0.3) is 5.91 Å². The first-order valence-electron chi connectivity index (χ1n) is 9.03. The van der Waals surface area contributed by atoms with Gasteiger partial charge in [-0.3, -0.25) is 4.79 Å². The molecule has 1 fully saturated rings. The Hall–Kier alpha value is -2.90. The van der Waals surface area contributed by atoms with Crippen LogP contribution in [0.1, 0.15) is 29.0 Å². The zero-order valence-electron chi connectivity index (χ0n) is 15.9. The van der Waals surface area contributed by atoms with E-state index in [1.807, 2.05) is 0 Å². The maximum absolute atomic E-state index is 12.6. The van der Waals surface area contributed by atoms with Gasteiger partial charge in [-0.1, -0.05) is 6.07 Å². The quantitative estimate of drug-likeness (QED) is 0.633. The van der Waals surface area contributed by atoms with Crippen LogP contribution in [0.5, 0.6) is 5.75 Å². The topological polar surface area (TPSA) is 98.2 Å². The van der Waals surface area contributed by atoms with Gasteiger partial charge in [0, 0.05) is 18.9 Å². The summed E-state index contributed by atoms with van der Waals surface area (Å²) in [6, 6.07) is 4.08. The van der Waals surface area contributed by atoms with Gasteiger partial charge < -0.3 is 10.1 Å². The number of carbonyl (C=O) groups is 1. The number of nitrogens with one attached hydrogen (secondary N) is 1. The summed E-state index contributed by atoms with van der Waals surface area (Å²) >= 11 is 0. The molecule has 174 valence electrons. The van der Waals surface area contributed by atoms with E-state index in [0.717, 1.165) is 36.7 Å². The Kier molecular flexibility index (Phi) is 6.36. The van der Waals surface area contributed by atoms with E-state index in [-0.39, 0.29) is 35.8 Å². The number of nitrogens with zero attached hydrogens (tertiary/aromatic N) is 2. The van der Waals surface area contributed by atoms with Crippen molar-refractivity contribution in [3.05, 3.63) is 48.0 Å². The Balaban J connectivity index is 1.53. The second kappa shape index (κ2) is 8.56. The maximum atomic E-state index is 12.6. The number of hydrogen-bond acceptors (Lipinski definition) is 6. The Morgan fingerprint density at radius 1 is 1.09 bits per heavy atom. The molecule has 7 nitrogen and oxygen atoms in total. The van der Waals surface area contributed by atoms with Crippen LogP contribution in [-0.2, 0) is 16.0 Å². The molecule has 3 rings (SSSR count). The van der Waals surface area contributed by atoms with E-state index in [1.165, 1.54) is 0 Å². The average Bonchev–Trinajstić information content (AvgIpc) is 2.64. The fourth-order valence-corrected chi connectivity index (χ4v) is 5.05. The van der Waals surface area contributed by atoms with Crippen LogP contribution in [0, 0.1) is 5.92 Å². The molecule has 1 saturated carbocycles. The van der Waals surface area contributed by atoms with Crippen molar-refractivity contribution in [1.29, 1.82) is 0 Å². The van der Waals surface area contributed by atoms with Crippen molar-refractivity contribution in [2.75, 3.05) is 6.54 Å². The molecule has 1 aliphatic rings. The summed E-state index contributed by atoms with van der Waals surface area (Å²) in [5.41, 5.74) is -0.192. The van der Waals surface area contributed by atoms with Crippen LogP contribution in [0.2, 0.25) is 0 Å². The molecule has 0 radical (unpaired) electrons. The smallest absolute Gasteiger partial charge is 0.406 e. The van der Waals surface area contributed by atoms with Crippen LogP contribution in [0.25, 0.3) is 0 Å². The predicted molar refractivity (Wildman–Crippen MR) is 96.2 cm³/mol. The normalized spacial score (nSPS) is 19.2. The Morgan fingerprint density at radius 2 is 1.72 bits per heavy atom. The lowest BCUT2D eigenvalue weighted by Gasteiger charge is -2.34. The van der Waals surface area contributed by atoms with Crippen LogP contribution >= 0.6 is 0 Å². The second-order valence-electron chi connectivity index (χ2n) is 7.03. The number of amides is 1. The van der Waals surface area contributed by atoms with E-state index in [4.69, 9.17) is 0 Å². The van der Waals surface area contributed by atoms with Gasteiger partial charge in [0.2, 0.25) is 5.82 Å². The summed E-state index contributed by atoms with van der Waals surface area (Å²) in [5.74, 6) is -2.99. The zero-order valence-corrected chi connectivity index (χ0v) is 16.8. The molecule has 32 heavy (non-hydrogen) atoms. The molecule has 1 amide bonds. The largest absolute Gasteiger partial charge is 0.573 e. The van der Waals surface area contributed by atoms with E-state index in [9.17, 15) is 39.6 Å². The minimum absolute atomic E-state index is 0.0586. The minimum atomic E-state index is -4.96. The highest BCUT2D eigenvalue weighted by atomic mass is 32.2. The zero-order chi connectivity index (χ0) is 23.7. The van der Waals surface area contributed by atoms with Crippen molar-refractivity contribution < 1.29 is 44.3 Å². The van der Waals surface area contributed by atoms with E-state index in [2.05, 4.69) is 20.0 Å². The lowest BCUT2D eigenvalue weighted by atomic mass is 9.85. The molecule has 0 atom stereocenters. The van der Waals surface area contributed by atoms with Crippen LogP contribution in [0.15, 0.2) is 41.6 Å². The number of rotatable bonds is 6. The van der Waals surface area contributed by atoms with Crippen LogP contribution in [0.4, 0.5) is 26.3 Å². The summed E-state index contributed by atoms with van der Waals surface area (Å²) in [7, 11) is -3.91. The molecule has 0 bridgehead atoms. The first-order valence-corrected chi connectivity index (χ1v) is 10.6. The number of ether oxygens (including phenoxy) is 1. The van der Waals surface area contributed by atoms with E-state index in [0.29, 0.717) is 0 Å². The molecule has 0 aliphatic heterocycles. The Labute approximate surface area is 177 Å². The molecule has 1 heterocycles. The van der Waals surface area contributed by atoms with Crippen molar-refractivity contribution in [3.8, 4) is 5.75 Å². The van der Waals surface area contributed by atoms with Crippen LogP contribution in [0.3, 0.4) is 0 Å². The molecule has 0 unspecified atom stereocenters. The van der Waals surface area contributed by atoms with E-state index >= 15 is 0 Å². The molecule has 1 aromatic heterocycles. The Bertz CT molecular complexity index is 1080. The van der Waals surface area contributed by atoms with Crippen LogP contribution in [-0.4, -0.2) is 42.4 Å². The highest BCUT2D eigenvalue weighted by Crippen LogP contribution is 2.37. The summed E-state index contributed by atoms with van der Waals surface area (Å²) < 4.78 is 103. The fraction of sp³-hybridized carbons (Fsp3) is 0.389. The van der Waals surface area contributed by atoms with E-state index in [1.54, 1.807) is 0 Å². The summed E-state index contributed by atoms with van der Waals surface area (Å²) in [6.07, 6.45) is -7.93. The first-order chi connectivity index (χ1) is 14.8.